The first-order valence-electron chi connectivity index (χ1n) is 5.01. The summed E-state index contributed by atoms with van der Waals surface area (Å²) in [5.41, 5.74) is 0. The molecule has 1 heterocycles. The highest BCUT2D eigenvalue weighted by molar-refractivity contribution is 5.91. The summed E-state index contributed by atoms with van der Waals surface area (Å²) in [6.45, 7) is 4.61. The largest absolute Gasteiger partial charge is 0.494 e. The molecule has 5 heteroatoms. The van der Waals surface area contributed by atoms with Gasteiger partial charge in [-0.2, -0.15) is 0 Å². The third-order valence-electron chi connectivity index (χ3n) is 2.19. The first-order chi connectivity index (χ1) is 7.15. The number of hydrogen-bond donors (Lipinski definition) is 2. The van der Waals surface area contributed by atoms with Crippen LogP contribution in [0.4, 0.5) is 0 Å². The zero-order chi connectivity index (χ0) is 11.3. The molecule has 5 nitrogen and oxygen atoms in total. The summed E-state index contributed by atoms with van der Waals surface area (Å²) in [6.07, 6.45) is 1.30. The Bertz CT molecular complexity index is 250. The molecular formula is C10H17NO4. The fraction of sp³-hybridized carbons (Fsp3) is 0.700. The van der Waals surface area contributed by atoms with E-state index in [0.717, 1.165) is 0 Å². The van der Waals surface area contributed by atoms with Crippen LogP contribution >= 0.6 is 0 Å². The molecule has 0 radical (unpaired) electrons. The predicted octanol–water partition coefficient (Wildman–Crippen LogP) is 0.00770. The first kappa shape index (κ1) is 11.8. The second-order valence-corrected chi connectivity index (χ2v) is 3.71. The number of aliphatic hydroxyl groups is 1. The monoisotopic (exact) mass is 215 g/mol. The SMILES string of the molecule is CC(C)C(CO)NC(=O)C1=COCCO1. The zero-order valence-corrected chi connectivity index (χ0v) is 9.03. The number of hydrogen-bond acceptors (Lipinski definition) is 4. The minimum atomic E-state index is -0.345. The lowest BCUT2D eigenvalue weighted by Crippen LogP contribution is -2.42. The third-order valence-corrected chi connectivity index (χ3v) is 2.19. The molecule has 0 aromatic carbocycles. The van der Waals surface area contributed by atoms with Gasteiger partial charge in [0.2, 0.25) is 5.76 Å². The lowest BCUT2D eigenvalue weighted by Gasteiger charge is -2.21. The average molecular weight is 215 g/mol. The minimum Gasteiger partial charge on any atom is -0.494 e. The fourth-order valence-electron chi connectivity index (χ4n) is 1.15. The highest BCUT2D eigenvalue weighted by Gasteiger charge is 2.20. The smallest absolute Gasteiger partial charge is 0.289 e. The maximum absolute atomic E-state index is 11.6. The third kappa shape index (κ3) is 3.43. The van der Waals surface area contributed by atoms with Crippen molar-refractivity contribution in [3.63, 3.8) is 0 Å². The molecule has 0 aromatic heterocycles. The Morgan fingerprint density at radius 3 is 2.80 bits per heavy atom. The molecule has 15 heavy (non-hydrogen) atoms. The van der Waals surface area contributed by atoms with Gasteiger partial charge in [0.25, 0.3) is 5.91 Å². The van der Waals surface area contributed by atoms with Crippen LogP contribution in [0.25, 0.3) is 0 Å². The van der Waals surface area contributed by atoms with Crippen LogP contribution in [0, 0.1) is 5.92 Å². The van der Waals surface area contributed by atoms with Gasteiger partial charge in [-0.25, -0.2) is 0 Å². The van der Waals surface area contributed by atoms with Crippen LogP contribution in [0.2, 0.25) is 0 Å². The van der Waals surface area contributed by atoms with Crippen molar-refractivity contribution in [2.75, 3.05) is 19.8 Å². The van der Waals surface area contributed by atoms with E-state index in [0.29, 0.717) is 13.2 Å². The number of rotatable bonds is 4. The van der Waals surface area contributed by atoms with E-state index in [9.17, 15) is 4.79 Å². The van der Waals surface area contributed by atoms with E-state index in [1.807, 2.05) is 13.8 Å². The molecule has 1 amide bonds. The summed E-state index contributed by atoms with van der Waals surface area (Å²) in [5, 5.41) is 11.7. The number of nitrogens with one attached hydrogen (secondary N) is 1. The molecular weight excluding hydrogens is 198 g/mol. The van der Waals surface area contributed by atoms with Crippen LogP contribution in [-0.4, -0.2) is 36.9 Å². The van der Waals surface area contributed by atoms with Crippen molar-refractivity contribution in [3.8, 4) is 0 Å². The van der Waals surface area contributed by atoms with Gasteiger partial charge in [0.1, 0.15) is 19.5 Å². The maximum Gasteiger partial charge on any atom is 0.289 e. The van der Waals surface area contributed by atoms with Crippen molar-refractivity contribution in [1.29, 1.82) is 0 Å². The van der Waals surface area contributed by atoms with Gasteiger partial charge in [0, 0.05) is 0 Å². The van der Waals surface area contributed by atoms with Crippen LogP contribution in [0.15, 0.2) is 12.0 Å². The number of carbonyl (C=O) groups is 1. The highest BCUT2D eigenvalue weighted by atomic mass is 16.6. The molecule has 1 unspecified atom stereocenters. The standard InChI is InChI=1S/C10H17NO4/c1-7(2)8(5-12)11-10(13)9-6-14-3-4-15-9/h6-8,12H,3-5H2,1-2H3,(H,11,13). The molecule has 0 spiro atoms. The number of carbonyl (C=O) groups excluding carboxylic acids is 1. The van der Waals surface area contributed by atoms with Gasteiger partial charge in [-0.05, 0) is 5.92 Å². The van der Waals surface area contributed by atoms with E-state index in [1.165, 1.54) is 6.26 Å². The zero-order valence-electron chi connectivity index (χ0n) is 9.03. The van der Waals surface area contributed by atoms with Gasteiger partial charge >= 0.3 is 0 Å². The fourth-order valence-corrected chi connectivity index (χ4v) is 1.15. The Morgan fingerprint density at radius 2 is 2.33 bits per heavy atom. The van der Waals surface area contributed by atoms with Crippen molar-refractivity contribution in [2.45, 2.75) is 19.9 Å². The van der Waals surface area contributed by atoms with Crippen LogP contribution in [-0.2, 0) is 14.3 Å². The quantitative estimate of drug-likeness (QED) is 0.693. The number of ether oxygens (including phenoxy) is 2. The Hall–Kier alpha value is -1.23. The normalized spacial score (nSPS) is 17.5. The van der Waals surface area contributed by atoms with Gasteiger partial charge in [-0.3, -0.25) is 4.79 Å². The summed E-state index contributed by atoms with van der Waals surface area (Å²) in [4.78, 5) is 11.6. The van der Waals surface area contributed by atoms with E-state index in [4.69, 9.17) is 14.6 Å². The molecule has 1 atom stereocenters. The molecule has 1 rings (SSSR count). The number of amides is 1. The molecule has 0 fully saturated rings. The van der Waals surface area contributed by atoms with E-state index >= 15 is 0 Å². The highest BCUT2D eigenvalue weighted by Crippen LogP contribution is 2.06. The van der Waals surface area contributed by atoms with Crippen molar-refractivity contribution < 1.29 is 19.4 Å². The van der Waals surface area contributed by atoms with Gasteiger partial charge < -0.3 is 19.9 Å². The van der Waals surface area contributed by atoms with Gasteiger partial charge in [0.05, 0.1) is 12.6 Å². The lowest BCUT2D eigenvalue weighted by atomic mass is 10.1. The van der Waals surface area contributed by atoms with E-state index in [2.05, 4.69) is 5.32 Å². The molecule has 2 N–H and O–H groups in total. The summed E-state index contributed by atoms with van der Waals surface area (Å²) in [7, 11) is 0. The van der Waals surface area contributed by atoms with Crippen LogP contribution < -0.4 is 5.32 Å². The second kappa shape index (κ2) is 5.60. The Labute approximate surface area is 89.1 Å². The van der Waals surface area contributed by atoms with Crippen LogP contribution in [0.1, 0.15) is 13.8 Å². The second-order valence-electron chi connectivity index (χ2n) is 3.71. The Morgan fingerprint density at radius 1 is 1.60 bits per heavy atom. The summed E-state index contributed by atoms with van der Waals surface area (Å²) in [6, 6.07) is -0.260. The maximum atomic E-state index is 11.6. The predicted molar refractivity (Wildman–Crippen MR) is 53.8 cm³/mol. The van der Waals surface area contributed by atoms with E-state index in [1.54, 1.807) is 0 Å². The van der Waals surface area contributed by atoms with Gasteiger partial charge in [0.15, 0.2) is 0 Å². The molecule has 0 aromatic rings. The molecule has 0 bridgehead atoms. The van der Waals surface area contributed by atoms with Gasteiger partial charge in [-0.15, -0.1) is 0 Å². The summed E-state index contributed by atoms with van der Waals surface area (Å²) >= 11 is 0. The number of aliphatic hydroxyl groups excluding tert-OH is 1. The van der Waals surface area contributed by atoms with Crippen molar-refractivity contribution >= 4 is 5.91 Å². The van der Waals surface area contributed by atoms with Crippen LogP contribution in [0.3, 0.4) is 0 Å². The molecule has 0 saturated heterocycles. The minimum absolute atomic E-state index is 0.0858. The van der Waals surface area contributed by atoms with Crippen molar-refractivity contribution in [3.05, 3.63) is 12.0 Å². The van der Waals surface area contributed by atoms with Crippen molar-refractivity contribution in [1.82, 2.24) is 5.32 Å². The van der Waals surface area contributed by atoms with E-state index in [-0.39, 0.29) is 30.2 Å². The Kier molecular flexibility index (Phi) is 4.42. The summed E-state index contributed by atoms with van der Waals surface area (Å²) in [5.74, 6) is -0.00754. The molecule has 0 aliphatic carbocycles. The van der Waals surface area contributed by atoms with E-state index < -0.39 is 0 Å². The van der Waals surface area contributed by atoms with Gasteiger partial charge in [-0.1, -0.05) is 13.8 Å². The van der Waals surface area contributed by atoms with Crippen LogP contribution in [0.5, 0.6) is 0 Å². The topological polar surface area (TPSA) is 67.8 Å². The molecule has 86 valence electrons. The van der Waals surface area contributed by atoms with Crippen molar-refractivity contribution in [2.24, 2.45) is 5.92 Å². The molecule has 0 saturated carbocycles. The Balaban J connectivity index is 2.49. The molecule has 1 aliphatic heterocycles. The molecule has 1 aliphatic rings. The first-order valence-corrected chi connectivity index (χ1v) is 5.01. The summed E-state index contributed by atoms with van der Waals surface area (Å²) < 4.78 is 10.1. The average Bonchev–Trinajstić information content (AvgIpc) is 2.26. The lowest BCUT2D eigenvalue weighted by molar-refractivity contribution is -0.123.